The van der Waals surface area contributed by atoms with Crippen LogP contribution in [0, 0.1) is 0 Å². The van der Waals surface area contributed by atoms with Crippen molar-refractivity contribution in [3.63, 3.8) is 0 Å². The normalized spacial score (nSPS) is 14.0. The van der Waals surface area contributed by atoms with Crippen molar-refractivity contribution in [1.29, 1.82) is 0 Å². The number of nitrogens with zero attached hydrogens (tertiary/aromatic N) is 1. The Morgan fingerprint density at radius 3 is 2.62 bits per heavy atom. The minimum Gasteiger partial charge on any atom is -0.319 e. The number of nitrogens with one attached hydrogen (secondary N) is 1. The molecule has 16 heavy (non-hydrogen) atoms. The zero-order valence-corrected chi connectivity index (χ0v) is 10.9. The summed E-state index contributed by atoms with van der Waals surface area (Å²) in [6.45, 7) is 5.91. The van der Waals surface area contributed by atoms with Gasteiger partial charge in [-0.25, -0.2) is 4.98 Å². The van der Waals surface area contributed by atoms with Crippen LogP contribution in [-0.2, 0) is 12.0 Å². The Bertz CT molecular complexity index is 387. The average molecular weight is 246 g/mol. The first-order valence-corrected chi connectivity index (χ1v) is 5.39. The van der Waals surface area contributed by atoms with Crippen molar-refractivity contribution in [3.8, 4) is 0 Å². The average Bonchev–Trinajstić information content (AvgIpc) is 2.17. The molecule has 92 valence electrons. The molecule has 0 fully saturated rings. The summed E-state index contributed by atoms with van der Waals surface area (Å²) >= 11 is 0. The minimum absolute atomic E-state index is 0. The number of aromatic amines is 1. The van der Waals surface area contributed by atoms with Crippen molar-refractivity contribution in [2.45, 2.75) is 45.6 Å². The quantitative estimate of drug-likeness (QED) is 0.849. The largest absolute Gasteiger partial charge is 0.319 e. The number of halogens is 1. The lowest BCUT2D eigenvalue weighted by Gasteiger charge is -2.21. The van der Waals surface area contributed by atoms with E-state index in [1.807, 2.05) is 13.8 Å². The first-order valence-electron chi connectivity index (χ1n) is 5.39. The molecule has 0 amide bonds. The topological polar surface area (TPSA) is 71.8 Å². The van der Waals surface area contributed by atoms with E-state index in [4.69, 9.17) is 5.73 Å². The van der Waals surface area contributed by atoms with Crippen LogP contribution in [-0.4, -0.2) is 9.97 Å². The molecule has 0 aliphatic rings. The summed E-state index contributed by atoms with van der Waals surface area (Å²) in [5, 5.41) is 0. The maximum absolute atomic E-state index is 11.4. The van der Waals surface area contributed by atoms with Gasteiger partial charge in [-0.1, -0.05) is 20.3 Å². The fraction of sp³-hybridized carbons (Fsp3) is 0.636. The molecule has 1 aromatic heterocycles. The van der Waals surface area contributed by atoms with Crippen LogP contribution in [0.1, 0.15) is 45.1 Å². The third-order valence-electron chi connectivity index (χ3n) is 2.58. The van der Waals surface area contributed by atoms with E-state index >= 15 is 0 Å². The number of hydrogen-bond acceptors (Lipinski definition) is 3. The molecule has 0 aromatic carbocycles. The van der Waals surface area contributed by atoms with Crippen LogP contribution in [0.2, 0.25) is 0 Å². The molecule has 1 unspecified atom stereocenters. The molecule has 0 aliphatic carbocycles. The van der Waals surface area contributed by atoms with Crippen LogP contribution in [0.25, 0.3) is 0 Å². The van der Waals surface area contributed by atoms with E-state index in [2.05, 4.69) is 16.9 Å². The standard InChI is InChI=1S/C11H19N3O.ClH/c1-4-6-8-7-9(15)14-10(13-8)11(3,12)5-2;/h7H,4-6,12H2,1-3H3,(H,13,14,15);1H. The number of aromatic nitrogens is 2. The van der Waals surface area contributed by atoms with Gasteiger partial charge in [-0.05, 0) is 19.8 Å². The van der Waals surface area contributed by atoms with Gasteiger partial charge < -0.3 is 10.7 Å². The molecule has 3 N–H and O–H groups in total. The van der Waals surface area contributed by atoms with Gasteiger partial charge in [0.05, 0.1) is 5.54 Å². The number of H-pyrrole nitrogens is 1. The second kappa shape index (κ2) is 6.01. The second-order valence-corrected chi connectivity index (χ2v) is 4.11. The summed E-state index contributed by atoms with van der Waals surface area (Å²) in [7, 11) is 0. The zero-order chi connectivity index (χ0) is 11.5. The van der Waals surface area contributed by atoms with Crippen molar-refractivity contribution in [3.05, 3.63) is 27.9 Å². The van der Waals surface area contributed by atoms with E-state index in [0.29, 0.717) is 5.82 Å². The maximum atomic E-state index is 11.4. The number of nitrogens with two attached hydrogens (primary N) is 1. The van der Waals surface area contributed by atoms with E-state index in [9.17, 15) is 4.79 Å². The van der Waals surface area contributed by atoms with Gasteiger partial charge in [0.25, 0.3) is 5.56 Å². The molecule has 0 aliphatic heterocycles. The number of aryl methyl sites for hydroxylation is 1. The van der Waals surface area contributed by atoms with Gasteiger partial charge in [0.1, 0.15) is 5.82 Å². The van der Waals surface area contributed by atoms with Gasteiger partial charge in [0, 0.05) is 11.8 Å². The Hall–Kier alpha value is -0.870. The van der Waals surface area contributed by atoms with Crippen molar-refractivity contribution in [2.75, 3.05) is 0 Å². The lowest BCUT2D eigenvalue weighted by atomic mass is 9.99. The Kier molecular flexibility index (Phi) is 5.68. The summed E-state index contributed by atoms with van der Waals surface area (Å²) in [4.78, 5) is 18.5. The second-order valence-electron chi connectivity index (χ2n) is 4.11. The van der Waals surface area contributed by atoms with E-state index in [1.54, 1.807) is 6.07 Å². The SMILES string of the molecule is CCCc1cc(=O)[nH]c(C(C)(N)CC)n1.Cl. The van der Waals surface area contributed by atoms with E-state index in [0.717, 1.165) is 25.0 Å². The van der Waals surface area contributed by atoms with Crippen molar-refractivity contribution < 1.29 is 0 Å². The summed E-state index contributed by atoms with van der Waals surface area (Å²) in [6, 6.07) is 1.54. The molecule has 1 atom stereocenters. The van der Waals surface area contributed by atoms with Gasteiger partial charge in [0.15, 0.2) is 0 Å². The highest BCUT2D eigenvalue weighted by molar-refractivity contribution is 5.85. The van der Waals surface area contributed by atoms with Crippen molar-refractivity contribution in [2.24, 2.45) is 5.73 Å². The molecule has 0 saturated carbocycles. The summed E-state index contributed by atoms with van der Waals surface area (Å²) in [6.07, 6.45) is 2.53. The molecule has 0 saturated heterocycles. The predicted molar refractivity (Wildman–Crippen MR) is 67.9 cm³/mol. The van der Waals surface area contributed by atoms with Crippen LogP contribution in [0.5, 0.6) is 0 Å². The van der Waals surface area contributed by atoms with Gasteiger partial charge in [-0.3, -0.25) is 4.79 Å². The first kappa shape index (κ1) is 15.1. The van der Waals surface area contributed by atoms with Crippen LogP contribution >= 0.6 is 12.4 Å². The third-order valence-corrected chi connectivity index (χ3v) is 2.58. The predicted octanol–water partition coefficient (Wildman–Crippen LogP) is 1.73. The van der Waals surface area contributed by atoms with Crippen LogP contribution in [0.3, 0.4) is 0 Å². The van der Waals surface area contributed by atoms with E-state index in [-0.39, 0.29) is 18.0 Å². The molecular formula is C11H20ClN3O. The van der Waals surface area contributed by atoms with E-state index in [1.165, 1.54) is 0 Å². The summed E-state index contributed by atoms with van der Waals surface area (Å²) in [5.41, 5.74) is 6.19. The van der Waals surface area contributed by atoms with Gasteiger partial charge in [-0.15, -0.1) is 12.4 Å². The van der Waals surface area contributed by atoms with E-state index < -0.39 is 5.54 Å². The van der Waals surface area contributed by atoms with Crippen molar-refractivity contribution in [1.82, 2.24) is 9.97 Å². The van der Waals surface area contributed by atoms with Crippen LogP contribution in [0.4, 0.5) is 0 Å². The number of rotatable bonds is 4. The fourth-order valence-corrected chi connectivity index (χ4v) is 1.33. The number of hydrogen-bond donors (Lipinski definition) is 2. The molecule has 5 heteroatoms. The van der Waals surface area contributed by atoms with Gasteiger partial charge in [0.2, 0.25) is 0 Å². The lowest BCUT2D eigenvalue weighted by Crippen LogP contribution is -2.36. The zero-order valence-electron chi connectivity index (χ0n) is 10.0. The summed E-state index contributed by atoms with van der Waals surface area (Å²) < 4.78 is 0. The summed E-state index contributed by atoms with van der Waals surface area (Å²) in [5.74, 6) is 0.584. The smallest absolute Gasteiger partial charge is 0.251 e. The molecule has 1 rings (SSSR count). The minimum atomic E-state index is -0.553. The molecule has 0 spiro atoms. The highest BCUT2D eigenvalue weighted by Crippen LogP contribution is 2.16. The Labute approximate surface area is 102 Å². The van der Waals surface area contributed by atoms with Crippen molar-refractivity contribution >= 4 is 12.4 Å². The molecular weight excluding hydrogens is 226 g/mol. The monoisotopic (exact) mass is 245 g/mol. The molecule has 0 bridgehead atoms. The van der Waals surface area contributed by atoms with Crippen LogP contribution in [0.15, 0.2) is 10.9 Å². The Morgan fingerprint density at radius 1 is 1.50 bits per heavy atom. The fourth-order valence-electron chi connectivity index (χ4n) is 1.33. The molecule has 0 radical (unpaired) electrons. The highest BCUT2D eigenvalue weighted by Gasteiger charge is 2.21. The maximum Gasteiger partial charge on any atom is 0.251 e. The third kappa shape index (κ3) is 3.61. The lowest BCUT2D eigenvalue weighted by molar-refractivity contribution is 0.441. The molecule has 1 aromatic rings. The molecule has 1 heterocycles. The Morgan fingerprint density at radius 2 is 2.12 bits per heavy atom. The van der Waals surface area contributed by atoms with Crippen LogP contribution < -0.4 is 11.3 Å². The van der Waals surface area contributed by atoms with Gasteiger partial charge >= 0.3 is 0 Å². The molecule has 4 nitrogen and oxygen atoms in total. The highest BCUT2D eigenvalue weighted by atomic mass is 35.5. The first-order chi connectivity index (χ1) is 6.99. The van der Waals surface area contributed by atoms with Gasteiger partial charge in [-0.2, -0.15) is 0 Å². The Balaban J connectivity index is 0.00000225.